The Morgan fingerprint density at radius 2 is 1.89 bits per heavy atom. The molecule has 1 aliphatic heterocycles. The molecule has 3 saturated carbocycles. The van der Waals surface area contributed by atoms with E-state index in [4.69, 9.17) is 4.84 Å². The fraction of sp³-hybridized carbons (Fsp3) is 0.793. The van der Waals surface area contributed by atoms with Crippen LogP contribution in [0.1, 0.15) is 91.4 Å². The Balaban J connectivity index is 1.22. The van der Waals surface area contributed by atoms with Gasteiger partial charge in [0.05, 0.1) is 5.71 Å². The van der Waals surface area contributed by atoms with Crippen LogP contribution in [-0.4, -0.2) is 53.2 Å². The van der Waals surface area contributed by atoms with Gasteiger partial charge in [0.25, 0.3) is 5.91 Å². The lowest BCUT2D eigenvalue weighted by atomic mass is 9.46. The molecule has 5 aliphatic rings. The van der Waals surface area contributed by atoms with E-state index in [1.807, 2.05) is 0 Å². The van der Waals surface area contributed by atoms with Gasteiger partial charge in [-0.05, 0) is 107 Å². The summed E-state index contributed by atoms with van der Waals surface area (Å²) in [4.78, 5) is 42.2. The SMILES string of the molecule is CC(=O)[C@]1(O)CC[C@@H]2[C@H]3CCC4=C/C(=N/OCC(=O)N[C@@H]5CCCCNC5=O)CC[C@]4(C)[C@@H]3CC[C@]21C. The van der Waals surface area contributed by atoms with Gasteiger partial charge in [-0.25, -0.2) is 0 Å². The summed E-state index contributed by atoms with van der Waals surface area (Å²) in [6.07, 6.45) is 12.0. The van der Waals surface area contributed by atoms with Crippen LogP contribution in [-0.2, 0) is 19.2 Å². The largest absolute Gasteiger partial charge is 0.385 e. The van der Waals surface area contributed by atoms with Gasteiger partial charge in [0.2, 0.25) is 5.91 Å². The number of amides is 2. The summed E-state index contributed by atoms with van der Waals surface area (Å²) in [6.45, 7) is 6.58. The molecule has 0 spiro atoms. The highest BCUT2D eigenvalue weighted by Crippen LogP contribution is 2.67. The lowest BCUT2D eigenvalue weighted by Crippen LogP contribution is -2.57. The molecule has 204 valence electrons. The first kappa shape index (κ1) is 26.4. The van der Waals surface area contributed by atoms with E-state index in [-0.39, 0.29) is 35.0 Å². The van der Waals surface area contributed by atoms with Crippen LogP contribution in [0.3, 0.4) is 0 Å². The van der Waals surface area contributed by atoms with Gasteiger partial charge in [0.1, 0.15) is 11.6 Å². The normalized spacial score (nSPS) is 42.4. The smallest absolute Gasteiger partial charge is 0.261 e. The topological polar surface area (TPSA) is 117 Å². The summed E-state index contributed by atoms with van der Waals surface area (Å²) in [5.41, 5.74) is 0.911. The highest BCUT2D eigenvalue weighted by molar-refractivity contribution is 5.96. The van der Waals surface area contributed by atoms with Crippen molar-refractivity contribution in [1.82, 2.24) is 10.6 Å². The van der Waals surface area contributed by atoms with Crippen LogP contribution in [0.15, 0.2) is 16.8 Å². The van der Waals surface area contributed by atoms with Gasteiger partial charge in [-0.1, -0.05) is 24.6 Å². The molecule has 0 bridgehead atoms. The van der Waals surface area contributed by atoms with Crippen molar-refractivity contribution in [3.05, 3.63) is 11.6 Å². The van der Waals surface area contributed by atoms with Crippen molar-refractivity contribution < 1.29 is 24.3 Å². The Hall–Kier alpha value is -2.22. The second-order valence-electron chi connectivity index (χ2n) is 12.7. The molecule has 5 rings (SSSR count). The highest BCUT2D eigenvalue weighted by atomic mass is 16.6. The molecule has 2 amide bonds. The van der Waals surface area contributed by atoms with E-state index >= 15 is 0 Å². The minimum Gasteiger partial charge on any atom is -0.385 e. The molecule has 3 N–H and O–H groups in total. The van der Waals surface area contributed by atoms with Crippen molar-refractivity contribution in [2.24, 2.45) is 33.7 Å². The molecule has 1 saturated heterocycles. The van der Waals surface area contributed by atoms with Crippen molar-refractivity contribution in [3.63, 3.8) is 0 Å². The van der Waals surface area contributed by atoms with Crippen LogP contribution in [0.4, 0.5) is 0 Å². The fourth-order valence-electron chi connectivity index (χ4n) is 8.72. The second kappa shape index (κ2) is 9.83. The van der Waals surface area contributed by atoms with Crippen LogP contribution >= 0.6 is 0 Å². The lowest BCUT2D eigenvalue weighted by Gasteiger charge is -2.59. The van der Waals surface area contributed by atoms with Gasteiger partial charge in [0, 0.05) is 12.0 Å². The van der Waals surface area contributed by atoms with Crippen molar-refractivity contribution in [2.45, 2.75) is 103 Å². The molecule has 8 heteroatoms. The number of rotatable bonds is 5. The summed E-state index contributed by atoms with van der Waals surface area (Å²) in [5.74, 6) is 0.963. The van der Waals surface area contributed by atoms with Crippen LogP contribution < -0.4 is 10.6 Å². The maximum atomic E-state index is 12.4. The third-order valence-electron chi connectivity index (χ3n) is 11.0. The Morgan fingerprint density at radius 1 is 1.11 bits per heavy atom. The van der Waals surface area contributed by atoms with Gasteiger partial charge in [0.15, 0.2) is 12.4 Å². The Bertz CT molecular complexity index is 1020. The van der Waals surface area contributed by atoms with Crippen LogP contribution in [0.5, 0.6) is 0 Å². The maximum absolute atomic E-state index is 12.4. The van der Waals surface area contributed by atoms with Crippen LogP contribution in [0.25, 0.3) is 0 Å². The maximum Gasteiger partial charge on any atom is 0.261 e. The third-order valence-corrected chi connectivity index (χ3v) is 11.0. The predicted molar refractivity (Wildman–Crippen MR) is 140 cm³/mol. The first-order valence-electron chi connectivity index (χ1n) is 14.3. The number of nitrogens with zero attached hydrogens (tertiary/aromatic N) is 1. The first-order chi connectivity index (χ1) is 17.6. The average Bonchev–Trinajstić information content (AvgIpc) is 2.99. The average molecular weight is 514 g/mol. The molecule has 37 heavy (non-hydrogen) atoms. The zero-order valence-electron chi connectivity index (χ0n) is 22.6. The quantitative estimate of drug-likeness (QED) is 0.487. The van der Waals surface area contributed by atoms with Crippen molar-refractivity contribution in [1.29, 1.82) is 0 Å². The summed E-state index contributed by atoms with van der Waals surface area (Å²) in [7, 11) is 0. The lowest BCUT2D eigenvalue weighted by molar-refractivity contribution is -0.159. The molecule has 0 radical (unpaired) electrons. The fourth-order valence-corrected chi connectivity index (χ4v) is 8.72. The summed E-state index contributed by atoms with van der Waals surface area (Å²) >= 11 is 0. The first-order valence-corrected chi connectivity index (χ1v) is 14.3. The molecule has 0 unspecified atom stereocenters. The number of oxime groups is 1. The Labute approximate surface area is 220 Å². The van der Waals surface area contributed by atoms with E-state index < -0.39 is 11.6 Å². The van der Waals surface area contributed by atoms with Gasteiger partial charge in [-0.2, -0.15) is 0 Å². The summed E-state index contributed by atoms with van der Waals surface area (Å²) in [6, 6.07) is -0.498. The van der Waals surface area contributed by atoms with Crippen LogP contribution in [0.2, 0.25) is 0 Å². The number of fused-ring (bicyclic) bond motifs is 5. The number of hydrogen-bond donors (Lipinski definition) is 3. The molecular weight excluding hydrogens is 470 g/mol. The standard InChI is InChI=1S/C29H43N3O5/c1-18(33)29(36)14-11-23-21-8-7-19-16-20(9-12-27(19,2)22(21)10-13-28(23,29)3)32-37-17-25(34)31-24-6-4-5-15-30-26(24)35/h16,21-24,36H,4-15,17H2,1-3H3,(H,30,35)(H,31,34)/b32-20+/t21-,22+,23+,24+,27-,28+,29+/m0/s1. The molecule has 7 atom stereocenters. The zero-order valence-corrected chi connectivity index (χ0v) is 22.6. The molecule has 4 fully saturated rings. The summed E-state index contributed by atoms with van der Waals surface area (Å²) < 4.78 is 0. The Morgan fingerprint density at radius 3 is 2.68 bits per heavy atom. The van der Waals surface area contributed by atoms with E-state index in [1.54, 1.807) is 6.92 Å². The molecule has 4 aliphatic carbocycles. The van der Waals surface area contributed by atoms with E-state index in [1.165, 1.54) is 5.57 Å². The van der Waals surface area contributed by atoms with Gasteiger partial charge in [-0.3, -0.25) is 14.4 Å². The number of ketones is 1. The van der Waals surface area contributed by atoms with E-state index in [2.05, 4.69) is 35.7 Å². The molecular formula is C29H43N3O5. The van der Waals surface area contributed by atoms with Gasteiger partial charge < -0.3 is 20.6 Å². The summed E-state index contributed by atoms with van der Waals surface area (Å²) in [5, 5.41) is 21.2. The molecule has 1 heterocycles. The number of aliphatic hydroxyl groups is 1. The van der Waals surface area contributed by atoms with Crippen LogP contribution in [0, 0.1) is 28.6 Å². The monoisotopic (exact) mass is 513 g/mol. The number of hydrogen-bond acceptors (Lipinski definition) is 6. The predicted octanol–water partition coefficient (Wildman–Crippen LogP) is 3.43. The van der Waals surface area contributed by atoms with Gasteiger partial charge in [-0.15, -0.1) is 0 Å². The number of carbonyl (C=O) groups excluding carboxylic acids is 3. The minimum absolute atomic E-state index is 0.0664. The Kier molecular flexibility index (Phi) is 7.01. The number of allylic oxidation sites excluding steroid dienone is 2. The van der Waals surface area contributed by atoms with E-state index in [9.17, 15) is 19.5 Å². The highest BCUT2D eigenvalue weighted by Gasteiger charge is 2.65. The van der Waals surface area contributed by atoms with E-state index in [0.29, 0.717) is 37.1 Å². The van der Waals surface area contributed by atoms with E-state index in [0.717, 1.165) is 63.5 Å². The van der Waals surface area contributed by atoms with Crippen molar-refractivity contribution in [2.75, 3.05) is 13.2 Å². The minimum atomic E-state index is -1.17. The molecule has 8 nitrogen and oxygen atoms in total. The molecule has 0 aromatic carbocycles. The third kappa shape index (κ3) is 4.43. The zero-order chi connectivity index (χ0) is 26.4. The number of Topliss-reactive ketones (excluding diaryl/α,β-unsaturated/α-hetero) is 1. The number of nitrogens with one attached hydrogen (secondary N) is 2. The van der Waals surface area contributed by atoms with Gasteiger partial charge >= 0.3 is 0 Å². The number of carbonyl (C=O) groups is 3. The van der Waals surface area contributed by atoms with Crippen molar-refractivity contribution >= 4 is 23.3 Å². The second-order valence-corrected chi connectivity index (χ2v) is 12.7. The molecule has 0 aromatic rings. The molecule has 0 aromatic heterocycles. The van der Waals surface area contributed by atoms with Crippen molar-refractivity contribution in [3.8, 4) is 0 Å².